The summed E-state index contributed by atoms with van der Waals surface area (Å²) in [5.74, 6) is 0.753. The zero-order valence-corrected chi connectivity index (χ0v) is 17.2. The molecule has 154 valence electrons. The van der Waals surface area contributed by atoms with Gasteiger partial charge in [-0.2, -0.15) is 0 Å². The standard InChI is InChI=1S/C24H30N2O3/c1-26-14-13-23(19-9-6-10-21(15-19)29-2)16-20(11-12-24(23,28)17-26)25-22(27)18-7-4-3-5-8-18/h3-10,15,20,28H,11-14,16-17H2,1-2H3,(H,25,27)/t20-,23-,24-/m0/s1. The Labute approximate surface area is 172 Å². The molecule has 5 nitrogen and oxygen atoms in total. The molecular formula is C24H30N2O3. The molecule has 1 amide bonds. The van der Waals surface area contributed by atoms with E-state index in [1.165, 1.54) is 0 Å². The Hall–Kier alpha value is -2.37. The Balaban J connectivity index is 1.65. The minimum Gasteiger partial charge on any atom is -0.497 e. The van der Waals surface area contributed by atoms with Crippen molar-refractivity contribution in [2.24, 2.45) is 0 Å². The van der Waals surface area contributed by atoms with Crippen molar-refractivity contribution in [2.75, 3.05) is 27.2 Å². The number of likely N-dealkylation sites (tertiary alicyclic amines) is 1. The maximum Gasteiger partial charge on any atom is 0.251 e. The summed E-state index contributed by atoms with van der Waals surface area (Å²) in [6, 6.07) is 17.4. The van der Waals surface area contributed by atoms with Gasteiger partial charge in [0.05, 0.1) is 12.7 Å². The van der Waals surface area contributed by atoms with Gasteiger partial charge in [0.1, 0.15) is 5.75 Å². The maximum atomic E-state index is 12.7. The van der Waals surface area contributed by atoms with Gasteiger partial charge in [0.2, 0.25) is 0 Å². The Bertz CT molecular complexity index is 871. The Morgan fingerprint density at radius 2 is 1.97 bits per heavy atom. The van der Waals surface area contributed by atoms with Crippen LogP contribution in [0.5, 0.6) is 5.75 Å². The summed E-state index contributed by atoms with van der Waals surface area (Å²) < 4.78 is 5.46. The fraction of sp³-hybridized carbons (Fsp3) is 0.458. The van der Waals surface area contributed by atoms with Crippen molar-refractivity contribution in [3.8, 4) is 5.75 Å². The van der Waals surface area contributed by atoms with Crippen LogP contribution in [0.3, 0.4) is 0 Å². The quantitative estimate of drug-likeness (QED) is 0.837. The molecule has 2 aromatic carbocycles. The molecule has 29 heavy (non-hydrogen) atoms. The van der Waals surface area contributed by atoms with Crippen LogP contribution in [0.4, 0.5) is 0 Å². The largest absolute Gasteiger partial charge is 0.497 e. The van der Waals surface area contributed by atoms with E-state index in [0.29, 0.717) is 18.5 Å². The second-order valence-electron chi connectivity index (χ2n) is 8.61. The number of likely N-dealkylation sites (N-methyl/N-ethyl adjacent to an activating group) is 1. The van der Waals surface area contributed by atoms with E-state index in [2.05, 4.69) is 29.4 Å². The van der Waals surface area contributed by atoms with Gasteiger partial charge >= 0.3 is 0 Å². The van der Waals surface area contributed by atoms with Gasteiger partial charge in [-0.3, -0.25) is 4.79 Å². The molecule has 4 rings (SSSR count). The number of carbonyl (C=O) groups is 1. The SMILES string of the molecule is COc1cccc([C@@]23CCN(C)C[C@@]2(O)CC[C@H](NC(=O)c2ccccc2)C3)c1. The molecule has 1 saturated carbocycles. The lowest BCUT2D eigenvalue weighted by Crippen LogP contribution is -2.66. The number of fused-ring (bicyclic) bond motifs is 1. The van der Waals surface area contributed by atoms with Gasteiger partial charge in [-0.05, 0) is 69.1 Å². The van der Waals surface area contributed by atoms with Gasteiger partial charge in [-0.25, -0.2) is 0 Å². The van der Waals surface area contributed by atoms with E-state index in [0.717, 1.165) is 37.1 Å². The zero-order valence-electron chi connectivity index (χ0n) is 17.2. The Morgan fingerprint density at radius 3 is 2.72 bits per heavy atom. The van der Waals surface area contributed by atoms with Crippen molar-refractivity contribution in [1.82, 2.24) is 10.2 Å². The van der Waals surface area contributed by atoms with Crippen molar-refractivity contribution < 1.29 is 14.6 Å². The highest BCUT2D eigenvalue weighted by atomic mass is 16.5. The van der Waals surface area contributed by atoms with Gasteiger partial charge in [-0.1, -0.05) is 30.3 Å². The van der Waals surface area contributed by atoms with E-state index < -0.39 is 11.0 Å². The van der Waals surface area contributed by atoms with Crippen LogP contribution in [-0.4, -0.2) is 54.8 Å². The molecule has 5 heteroatoms. The maximum absolute atomic E-state index is 12.7. The van der Waals surface area contributed by atoms with Crippen LogP contribution in [0.15, 0.2) is 54.6 Å². The van der Waals surface area contributed by atoms with Crippen molar-refractivity contribution in [1.29, 1.82) is 0 Å². The van der Waals surface area contributed by atoms with Crippen molar-refractivity contribution >= 4 is 5.91 Å². The number of piperidine rings is 1. The van der Waals surface area contributed by atoms with Crippen molar-refractivity contribution in [3.63, 3.8) is 0 Å². The highest BCUT2D eigenvalue weighted by molar-refractivity contribution is 5.94. The number of amides is 1. The number of nitrogens with zero attached hydrogens (tertiary/aromatic N) is 1. The van der Waals surface area contributed by atoms with Crippen LogP contribution in [0.2, 0.25) is 0 Å². The topological polar surface area (TPSA) is 61.8 Å². The van der Waals surface area contributed by atoms with Crippen molar-refractivity contribution in [3.05, 3.63) is 65.7 Å². The summed E-state index contributed by atoms with van der Waals surface area (Å²) in [6.45, 7) is 1.56. The van der Waals surface area contributed by atoms with Gasteiger partial charge in [0.25, 0.3) is 5.91 Å². The van der Waals surface area contributed by atoms with Crippen LogP contribution < -0.4 is 10.1 Å². The monoisotopic (exact) mass is 394 g/mol. The normalized spacial score (nSPS) is 29.7. The van der Waals surface area contributed by atoms with Crippen LogP contribution >= 0.6 is 0 Å². The van der Waals surface area contributed by atoms with Crippen molar-refractivity contribution in [2.45, 2.75) is 42.7 Å². The molecule has 0 aromatic heterocycles. The number of benzene rings is 2. The summed E-state index contributed by atoms with van der Waals surface area (Å²) in [5, 5.41) is 15.0. The van der Waals surface area contributed by atoms with Crippen LogP contribution in [-0.2, 0) is 5.41 Å². The molecule has 2 fully saturated rings. The Morgan fingerprint density at radius 1 is 1.17 bits per heavy atom. The summed E-state index contributed by atoms with van der Waals surface area (Å²) >= 11 is 0. The molecule has 1 aliphatic heterocycles. The molecule has 2 aliphatic rings. The van der Waals surface area contributed by atoms with E-state index in [1.807, 2.05) is 42.5 Å². The second-order valence-corrected chi connectivity index (χ2v) is 8.61. The lowest BCUT2D eigenvalue weighted by molar-refractivity contribution is -0.121. The average molecular weight is 395 g/mol. The first-order chi connectivity index (χ1) is 14.0. The van der Waals surface area contributed by atoms with E-state index in [9.17, 15) is 9.90 Å². The van der Waals surface area contributed by atoms with E-state index in [-0.39, 0.29) is 11.9 Å². The molecule has 1 saturated heterocycles. The molecule has 0 radical (unpaired) electrons. The number of hydrogen-bond acceptors (Lipinski definition) is 4. The molecule has 1 aliphatic carbocycles. The van der Waals surface area contributed by atoms with E-state index in [4.69, 9.17) is 4.74 Å². The molecule has 3 atom stereocenters. The average Bonchev–Trinajstić information content (AvgIpc) is 2.74. The third kappa shape index (κ3) is 3.65. The highest BCUT2D eigenvalue weighted by Crippen LogP contribution is 2.51. The minimum atomic E-state index is -0.819. The number of rotatable bonds is 4. The van der Waals surface area contributed by atoms with Crippen LogP contribution in [0.25, 0.3) is 0 Å². The zero-order chi connectivity index (χ0) is 20.5. The smallest absolute Gasteiger partial charge is 0.251 e. The summed E-state index contributed by atoms with van der Waals surface area (Å²) in [7, 11) is 3.73. The lowest BCUT2D eigenvalue weighted by atomic mass is 9.55. The van der Waals surface area contributed by atoms with E-state index in [1.54, 1.807) is 7.11 Å². The summed E-state index contributed by atoms with van der Waals surface area (Å²) in [6.07, 6.45) is 3.01. The minimum absolute atomic E-state index is 0.0255. The number of carbonyl (C=O) groups excluding carboxylic acids is 1. The van der Waals surface area contributed by atoms with Gasteiger partial charge in [0.15, 0.2) is 0 Å². The molecule has 0 bridgehead atoms. The van der Waals surface area contributed by atoms with Gasteiger partial charge in [-0.15, -0.1) is 0 Å². The van der Waals surface area contributed by atoms with Gasteiger partial charge in [0, 0.05) is 23.6 Å². The molecule has 1 heterocycles. The molecular weight excluding hydrogens is 364 g/mol. The number of aliphatic hydroxyl groups is 1. The lowest BCUT2D eigenvalue weighted by Gasteiger charge is -2.57. The number of nitrogens with one attached hydrogen (secondary N) is 1. The van der Waals surface area contributed by atoms with E-state index >= 15 is 0 Å². The fourth-order valence-electron chi connectivity index (χ4n) is 5.27. The second kappa shape index (κ2) is 7.81. The first-order valence-electron chi connectivity index (χ1n) is 10.4. The first kappa shape index (κ1) is 19.9. The summed E-state index contributed by atoms with van der Waals surface area (Å²) in [5.41, 5.74) is 0.555. The number of methoxy groups -OCH3 is 1. The molecule has 0 spiro atoms. The number of β-amino-alcohol motifs (C(OH)–C–C–N with tert-alkyl or cyclic N) is 1. The van der Waals surface area contributed by atoms with Crippen LogP contribution in [0, 0.1) is 0 Å². The molecule has 0 unspecified atom stereocenters. The summed E-state index contributed by atoms with van der Waals surface area (Å²) in [4.78, 5) is 15.0. The third-order valence-electron chi connectivity index (χ3n) is 6.84. The predicted octanol–water partition coefficient (Wildman–Crippen LogP) is 2.98. The highest BCUT2D eigenvalue weighted by Gasteiger charge is 2.57. The third-order valence-corrected chi connectivity index (χ3v) is 6.84. The predicted molar refractivity (Wildman–Crippen MR) is 113 cm³/mol. The molecule has 2 N–H and O–H groups in total. The first-order valence-corrected chi connectivity index (χ1v) is 10.4. The molecule has 2 aromatic rings. The number of hydrogen-bond donors (Lipinski definition) is 2. The number of ether oxygens (including phenoxy) is 1. The van der Waals surface area contributed by atoms with Crippen LogP contribution in [0.1, 0.15) is 41.6 Å². The Kier molecular flexibility index (Phi) is 5.36. The van der Waals surface area contributed by atoms with Gasteiger partial charge < -0.3 is 20.1 Å². The fourth-order valence-corrected chi connectivity index (χ4v) is 5.27.